The zero-order valence-corrected chi connectivity index (χ0v) is 19.3. The highest BCUT2D eigenvalue weighted by molar-refractivity contribution is 5.02. The van der Waals surface area contributed by atoms with Gasteiger partial charge >= 0.3 is 0 Å². The molecule has 0 radical (unpaired) electrons. The number of allylic oxidation sites excluding steroid dienone is 3. The predicted octanol–water partition coefficient (Wildman–Crippen LogP) is 1.51. The third-order valence-corrected chi connectivity index (χ3v) is 6.21. The molecule has 8 nitrogen and oxygen atoms in total. The van der Waals surface area contributed by atoms with E-state index in [9.17, 15) is 20.4 Å². The zero-order chi connectivity index (χ0) is 23.1. The molecular formula is C23H40O8. The van der Waals surface area contributed by atoms with Crippen LogP contribution < -0.4 is 0 Å². The first-order valence-corrected chi connectivity index (χ1v) is 11.1. The fourth-order valence-electron chi connectivity index (χ4n) is 3.76. The Morgan fingerprint density at radius 1 is 0.839 bits per heavy atom. The van der Waals surface area contributed by atoms with E-state index < -0.39 is 37.0 Å². The average molecular weight is 445 g/mol. The van der Waals surface area contributed by atoms with Crippen LogP contribution in [0.15, 0.2) is 23.3 Å². The normalized spacial score (nSPS) is 39.0. The summed E-state index contributed by atoms with van der Waals surface area (Å²) in [6.07, 6.45) is -0.959. The number of aliphatic hydroxyl groups excluding tert-OH is 4. The molecule has 0 saturated carbocycles. The minimum Gasteiger partial charge on any atom is -0.394 e. The van der Waals surface area contributed by atoms with Crippen LogP contribution in [0.2, 0.25) is 0 Å². The van der Waals surface area contributed by atoms with Crippen LogP contribution in [0.3, 0.4) is 0 Å². The van der Waals surface area contributed by atoms with E-state index >= 15 is 0 Å². The Morgan fingerprint density at radius 3 is 2.13 bits per heavy atom. The summed E-state index contributed by atoms with van der Waals surface area (Å²) < 4.78 is 22.8. The molecular weight excluding hydrogens is 404 g/mol. The fourth-order valence-corrected chi connectivity index (χ4v) is 3.76. The van der Waals surface area contributed by atoms with Crippen molar-refractivity contribution >= 4 is 0 Å². The molecule has 31 heavy (non-hydrogen) atoms. The summed E-state index contributed by atoms with van der Waals surface area (Å²) in [5.74, 6) is 0.183. The molecule has 2 rings (SSSR count). The van der Waals surface area contributed by atoms with Crippen molar-refractivity contribution in [3.8, 4) is 0 Å². The van der Waals surface area contributed by atoms with Gasteiger partial charge in [0.25, 0.3) is 0 Å². The highest BCUT2D eigenvalue weighted by atomic mass is 16.7. The Balaban J connectivity index is 1.86. The van der Waals surface area contributed by atoms with Crippen LogP contribution in [0.25, 0.3) is 0 Å². The van der Waals surface area contributed by atoms with E-state index in [0.29, 0.717) is 0 Å². The van der Waals surface area contributed by atoms with Crippen molar-refractivity contribution < 1.29 is 39.4 Å². The molecule has 8 heteroatoms. The van der Waals surface area contributed by atoms with Gasteiger partial charge in [0.05, 0.1) is 25.9 Å². The summed E-state index contributed by atoms with van der Waals surface area (Å²) in [4.78, 5) is 0. The molecule has 2 fully saturated rings. The molecule has 2 heterocycles. The summed E-state index contributed by atoms with van der Waals surface area (Å²) in [7, 11) is 0. The van der Waals surface area contributed by atoms with E-state index in [4.69, 9.17) is 18.9 Å². The van der Waals surface area contributed by atoms with Crippen molar-refractivity contribution in [1.82, 2.24) is 0 Å². The minimum absolute atomic E-state index is 0.0394. The first kappa shape index (κ1) is 26.4. The summed E-state index contributed by atoms with van der Waals surface area (Å²) in [5, 5.41) is 40.2. The SMILES string of the molecule is CC(C)=CCC/C(C)=C/CO[C@@H]1O[C@H](CO[C@@H]2O[C@H](CO)[C@H](C)[C@H]2C)[C@@H](O)[C@H](O)[C@H]1O. The van der Waals surface area contributed by atoms with E-state index in [1.54, 1.807) is 0 Å². The Labute approximate surface area is 185 Å². The zero-order valence-electron chi connectivity index (χ0n) is 19.3. The van der Waals surface area contributed by atoms with E-state index in [1.807, 2.05) is 26.8 Å². The number of hydrogen-bond acceptors (Lipinski definition) is 8. The van der Waals surface area contributed by atoms with Crippen LogP contribution in [0, 0.1) is 11.8 Å². The van der Waals surface area contributed by atoms with Crippen molar-refractivity contribution in [2.45, 2.75) is 90.6 Å². The van der Waals surface area contributed by atoms with Gasteiger partial charge in [0, 0.05) is 5.92 Å². The van der Waals surface area contributed by atoms with E-state index in [1.165, 1.54) is 5.57 Å². The number of ether oxygens (including phenoxy) is 4. The first-order valence-electron chi connectivity index (χ1n) is 11.1. The third kappa shape index (κ3) is 7.33. The average Bonchev–Trinajstić information content (AvgIpc) is 3.00. The van der Waals surface area contributed by atoms with E-state index in [0.717, 1.165) is 18.4 Å². The highest BCUT2D eigenvalue weighted by Gasteiger charge is 2.46. The van der Waals surface area contributed by atoms with Gasteiger partial charge in [0.2, 0.25) is 0 Å². The summed E-state index contributed by atoms with van der Waals surface area (Å²) >= 11 is 0. The molecule has 0 aromatic heterocycles. The molecule has 4 N–H and O–H groups in total. The van der Waals surface area contributed by atoms with E-state index in [-0.39, 0.29) is 37.8 Å². The van der Waals surface area contributed by atoms with Crippen molar-refractivity contribution in [3.63, 3.8) is 0 Å². The maximum atomic E-state index is 10.3. The van der Waals surface area contributed by atoms with Gasteiger partial charge in [-0.15, -0.1) is 0 Å². The van der Waals surface area contributed by atoms with Crippen LogP contribution in [0.4, 0.5) is 0 Å². The standard InChI is InChI=1S/C23H40O8/c1-13(2)7-6-8-14(3)9-10-28-23-21(27)20(26)19(25)18(31-23)12-29-22-16(5)15(4)17(11-24)30-22/h7,9,15-27H,6,8,10-12H2,1-5H3/b14-9+/t15-,16-,17-,18-,19-,20+,21-,22-,23-/m1/s1. The maximum Gasteiger partial charge on any atom is 0.187 e. The summed E-state index contributed by atoms with van der Waals surface area (Å²) in [5.41, 5.74) is 2.44. The molecule has 0 unspecified atom stereocenters. The molecule has 0 amide bonds. The van der Waals surface area contributed by atoms with Gasteiger partial charge in [-0.05, 0) is 39.5 Å². The predicted molar refractivity (Wildman–Crippen MR) is 115 cm³/mol. The van der Waals surface area contributed by atoms with Gasteiger partial charge in [-0.25, -0.2) is 0 Å². The number of rotatable bonds is 10. The van der Waals surface area contributed by atoms with Crippen LogP contribution in [0.5, 0.6) is 0 Å². The molecule has 0 aliphatic carbocycles. The molecule has 9 atom stereocenters. The van der Waals surface area contributed by atoms with E-state index in [2.05, 4.69) is 19.9 Å². The fraction of sp³-hybridized carbons (Fsp3) is 0.826. The minimum atomic E-state index is -1.42. The van der Waals surface area contributed by atoms with Crippen molar-refractivity contribution in [2.75, 3.05) is 19.8 Å². The Morgan fingerprint density at radius 2 is 1.52 bits per heavy atom. The van der Waals surface area contributed by atoms with Gasteiger partial charge in [-0.1, -0.05) is 37.1 Å². The maximum absolute atomic E-state index is 10.3. The monoisotopic (exact) mass is 444 g/mol. The van der Waals surface area contributed by atoms with Gasteiger partial charge in [0.1, 0.15) is 24.4 Å². The Bertz CT molecular complexity index is 602. The molecule has 2 saturated heterocycles. The van der Waals surface area contributed by atoms with Gasteiger partial charge in [0.15, 0.2) is 12.6 Å². The Kier molecular flexibility index (Phi) is 10.6. The highest BCUT2D eigenvalue weighted by Crippen LogP contribution is 2.33. The van der Waals surface area contributed by atoms with Crippen LogP contribution in [-0.4, -0.2) is 83.3 Å². The second-order valence-corrected chi connectivity index (χ2v) is 9.00. The molecule has 0 bridgehead atoms. The van der Waals surface area contributed by atoms with Gasteiger partial charge in [-0.2, -0.15) is 0 Å². The molecule has 0 aromatic rings. The van der Waals surface area contributed by atoms with Crippen LogP contribution >= 0.6 is 0 Å². The molecule has 180 valence electrons. The van der Waals surface area contributed by atoms with Gasteiger partial charge < -0.3 is 39.4 Å². The summed E-state index contributed by atoms with van der Waals surface area (Å²) in [6.45, 7) is 10.2. The largest absolute Gasteiger partial charge is 0.394 e. The first-order chi connectivity index (χ1) is 14.6. The number of aliphatic hydroxyl groups is 4. The van der Waals surface area contributed by atoms with Crippen molar-refractivity contribution in [2.24, 2.45) is 11.8 Å². The second-order valence-electron chi connectivity index (χ2n) is 9.00. The molecule has 2 aliphatic heterocycles. The van der Waals surface area contributed by atoms with Crippen molar-refractivity contribution in [3.05, 3.63) is 23.3 Å². The Hall–Kier alpha value is -0.840. The molecule has 2 aliphatic rings. The topological polar surface area (TPSA) is 118 Å². The number of hydrogen-bond donors (Lipinski definition) is 4. The lowest BCUT2D eigenvalue weighted by Crippen LogP contribution is -2.59. The van der Waals surface area contributed by atoms with Crippen LogP contribution in [0.1, 0.15) is 47.5 Å². The lowest BCUT2D eigenvalue weighted by Gasteiger charge is -2.40. The molecule has 0 aromatic carbocycles. The van der Waals surface area contributed by atoms with Gasteiger partial charge in [-0.3, -0.25) is 0 Å². The smallest absolute Gasteiger partial charge is 0.187 e. The summed E-state index contributed by atoms with van der Waals surface area (Å²) in [6, 6.07) is 0. The lowest BCUT2D eigenvalue weighted by atomic mass is 9.94. The van der Waals surface area contributed by atoms with Crippen LogP contribution in [-0.2, 0) is 18.9 Å². The quantitative estimate of drug-likeness (QED) is 0.375. The molecule has 0 spiro atoms. The lowest BCUT2D eigenvalue weighted by molar-refractivity contribution is -0.307. The van der Waals surface area contributed by atoms with Crippen molar-refractivity contribution in [1.29, 1.82) is 0 Å². The second kappa shape index (κ2) is 12.4. The third-order valence-electron chi connectivity index (χ3n) is 6.21.